The third kappa shape index (κ3) is 5.98. The van der Waals surface area contributed by atoms with Gasteiger partial charge in [0.05, 0.1) is 11.4 Å². The van der Waals surface area contributed by atoms with Gasteiger partial charge in [-0.15, -0.1) is 0 Å². The molecule has 1 aliphatic carbocycles. The lowest BCUT2D eigenvalue weighted by Crippen LogP contribution is -2.16. The van der Waals surface area contributed by atoms with Crippen molar-refractivity contribution in [3.05, 3.63) is 222 Å². The molecule has 0 unspecified atom stereocenters. The van der Waals surface area contributed by atoms with Crippen molar-refractivity contribution in [3.8, 4) is 33.4 Å². The van der Waals surface area contributed by atoms with Crippen molar-refractivity contribution in [1.29, 1.82) is 5.41 Å². The van der Waals surface area contributed by atoms with Crippen LogP contribution >= 0.6 is 0 Å². The molecule has 2 nitrogen and oxygen atoms in total. The van der Waals surface area contributed by atoms with Crippen molar-refractivity contribution in [2.45, 2.75) is 19.3 Å². The Morgan fingerprint density at radius 1 is 0.491 bits per heavy atom. The third-order valence-corrected chi connectivity index (χ3v) is 11.8. The standard InChI is InChI=1S/C55H40N2/c1-55(2)51-33-39-19-7-6-18-38(39)32-50(51)49-28-14-26-46(54(49)55)41-22-12-21-40(31-41)45-30-29-42(44-24-10-11-25-47(44)45)35-57-53(34-52(56)37-16-4-3-5-17-37)48-27-13-20-36-15-8-9-23-43(36)48/h3-35,56H,1-2H3/b53-34-,56-52?,57-35?. The number of nitrogens with zero attached hydrogens (tertiary/aromatic N) is 1. The van der Waals surface area contributed by atoms with Gasteiger partial charge in [0.15, 0.2) is 0 Å². The molecular formula is C55H40N2. The van der Waals surface area contributed by atoms with E-state index in [9.17, 15) is 0 Å². The van der Waals surface area contributed by atoms with Crippen LogP contribution in [0, 0.1) is 5.41 Å². The van der Waals surface area contributed by atoms with E-state index in [2.05, 4.69) is 172 Å². The highest BCUT2D eigenvalue weighted by Gasteiger charge is 2.37. The highest BCUT2D eigenvalue weighted by atomic mass is 14.7. The molecule has 0 radical (unpaired) electrons. The maximum Gasteiger partial charge on any atom is 0.0729 e. The number of nitrogens with one attached hydrogen (secondary N) is 1. The zero-order chi connectivity index (χ0) is 38.5. The minimum atomic E-state index is -0.145. The molecule has 0 aliphatic heterocycles. The minimum absolute atomic E-state index is 0.145. The Kier molecular flexibility index (Phi) is 8.34. The Morgan fingerprint density at radius 2 is 1.11 bits per heavy atom. The fraction of sp³-hybridized carbons (Fsp3) is 0.0545. The summed E-state index contributed by atoms with van der Waals surface area (Å²) in [5.74, 6) is 0. The molecule has 0 aromatic heterocycles. The lowest BCUT2D eigenvalue weighted by Gasteiger charge is -2.25. The van der Waals surface area contributed by atoms with E-state index < -0.39 is 0 Å². The highest BCUT2D eigenvalue weighted by molar-refractivity contribution is 6.13. The fourth-order valence-corrected chi connectivity index (χ4v) is 8.96. The van der Waals surface area contributed by atoms with Crippen LogP contribution in [0.25, 0.3) is 71.4 Å². The third-order valence-electron chi connectivity index (χ3n) is 11.8. The number of hydrogen-bond acceptors (Lipinski definition) is 2. The summed E-state index contributed by atoms with van der Waals surface area (Å²) in [6.07, 6.45) is 3.85. The van der Waals surface area contributed by atoms with E-state index in [1.54, 1.807) is 0 Å². The molecule has 0 bridgehead atoms. The van der Waals surface area contributed by atoms with Crippen molar-refractivity contribution in [2.75, 3.05) is 0 Å². The van der Waals surface area contributed by atoms with E-state index in [1.807, 2.05) is 42.6 Å². The molecule has 57 heavy (non-hydrogen) atoms. The largest absolute Gasteiger partial charge is 0.300 e. The summed E-state index contributed by atoms with van der Waals surface area (Å²) in [5.41, 5.74) is 14.2. The van der Waals surface area contributed by atoms with Gasteiger partial charge < -0.3 is 5.41 Å². The number of aliphatic imine (C=N–C) groups is 1. The second kappa shape index (κ2) is 13.8. The summed E-state index contributed by atoms with van der Waals surface area (Å²) >= 11 is 0. The first-order valence-electron chi connectivity index (χ1n) is 19.6. The smallest absolute Gasteiger partial charge is 0.0729 e. The monoisotopic (exact) mass is 728 g/mol. The van der Waals surface area contributed by atoms with E-state index in [4.69, 9.17) is 10.4 Å². The molecule has 1 N–H and O–H groups in total. The quantitative estimate of drug-likeness (QED) is 0.159. The van der Waals surface area contributed by atoms with Crippen molar-refractivity contribution in [3.63, 3.8) is 0 Å². The van der Waals surface area contributed by atoms with Crippen LogP contribution in [0.2, 0.25) is 0 Å². The topological polar surface area (TPSA) is 36.2 Å². The summed E-state index contributed by atoms with van der Waals surface area (Å²) < 4.78 is 0. The zero-order valence-corrected chi connectivity index (χ0v) is 32.0. The molecule has 270 valence electrons. The molecule has 0 fully saturated rings. The summed E-state index contributed by atoms with van der Waals surface area (Å²) in [4.78, 5) is 5.16. The van der Waals surface area contributed by atoms with E-state index in [0.717, 1.165) is 38.5 Å². The van der Waals surface area contributed by atoms with Gasteiger partial charge in [-0.1, -0.05) is 184 Å². The number of allylic oxidation sites excluding steroid dienone is 1. The molecule has 9 aromatic carbocycles. The van der Waals surface area contributed by atoms with Crippen molar-refractivity contribution < 1.29 is 0 Å². The van der Waals surface area contributed by atoms with Crippen LogP contribution in [0.5, 0.6) is 0 Å². The number of fused-ring (bicyclic) bond motifs is 6. The SMILES string of the molecule is CC1(C)c2cc3ccccc3cc2-c2cccc(-c3cccc(-c4ccc(C=N/C(=C\C(=N)c5ccccc5)c5cccc6ccccc56)c5ccccc45)c3)c21. The summed E-state index contributed by atoms with van der Waals surface area (Å²) in [6.45, 7) is 4.75. The van der Waals surface area contributed by atoms with Gasteiger partial charge in [0.25, 0.3) is 0 Å². The first-order valence-corrected chi connectivity index (χ1v) is 19.6. The zero-order valence-electron chi connectivity index (χ0n) is 32.0. The van der Waals surface area contributed by atoms with E-state index in [0.29, 0.717) is 5.71 Å². The van der Waals surface area contributed by atoms with E-state index in [-0.39, 0.29) is 5.41 Å². The number of rotatable bonds is 7. The highest BCUT2D eigenvalue weighted by Crippen LogP contribution is 2.53. The van der Waals surface area contributed by atoms with Crippen molar-refractivity contribution in [1.82, 2.24) is 0 Å². The van der Waals surface area contributed by atoms with Crippen LogP contribution in [0.15, 0.2) is 199 Å². The van der Waals surface area contributed by atoms with Gasteiger partial charge in [-0.3, -0.25) is 4.99 Å². The first kappa shape index (κ1) is 34.3. The summed E-state index contributed by atoms with van der Waals surface area (Å²) in [6, 6.07) is 66.9. The molecule has 0 atom stereocenters. The molecule has 10 rings (SSSR count). The normalized spacial score (nSPS) is 13.3. The molecule has 0 amide bonds. The predicted octanol–water partition coefficient (Wildman–Crippen LogP) is 14.3. The maximum atomic E-state index is 9.01. The molecule has 1 aliphatic rings. The van der Waals surface area contributed by atoms with Gasteiger partial charge >= 0.3 is 0 Å². The van der Waals surface area contributed by atoms with Crippen molar-refractivity contribution in [2.24, 2.45) is 4.99 Å². The summed E-state index contributed by atoms with van der Waals surface area (Å²) in [7, 11) is 0. The van der Waals surface area contributed by atoms with Gasteiger partial charge in [-0.2, -0.15) is 0 Å². The Bertz CT molecular complexity index is 3100. The Labute approximate surface area is 333 Å². The molecule has 2 heteroatoms. The Hall–Kier alpha value is -7.16. The molecule has 0 saturated heterocycles. The molecule has 0 heterocycles. The minimum Gasteiger partial charge on any atom is -0.300 e. The fourth-order valence-electron chi connectivity index (χ4n) is 8.96. The van der Waals surface area contributed by atoms with Crippen molar-refractivity contribution >= 4 is 49.9 Å². The van der Waals surface area contributed by atoms with Gasteiger partial charge in [-0.25, -0.2) is 0 Å². The lowest BCUT2D eigenvalue weighted by atomic mass is 9.78. The van der Waals surface area contributed by atoms with Crippen LogP contribution < -0.4 is 0 Å². The molecule has 0 saturated carbocycles. The lowest BCUT2D eigenvalue weighted by molar-refractivity contribution is 0.663. The van der Waals surface area contributed by atoms with Gasteiger partial charge in [-0.05, 0) is 107 Å². The second-order valence-corrected chi connectivity index (χ2v) is 15.5. The van der Waals surface area contributed by atoms with E-state index >= 15 is 0 Å². The van der Waals surface area contributed by atoms with Gasteiger partial charge in [0.2, 0.25) is 0 Å². The predicted molar refractivity (Wildman–Crippen MR) is 243 cm³/mol. The maximum absolute atomic E-state index is 9.01. The average Bonchev–Trinajstić information content (AvgIpc) is 3.49. The molecule has 0 spiro atoms. The van der Waals surface area contributed by atoms with Crippen LogP contribution in [-0.2, 0) is 5.41 Å². The van der Waals surface area contributed by atoms with Crippen LogP contribution in [-0.4, -0.2) is 11.9 Å². The Balaban J connectivity index is 1.05. The van der Waals surface area contributed by atoms with E-state index in [1.165, 1.54) is 60.7 Å². The van der Waals surface area contributed by atoms with Gasteiger partial charge in [0.1, 0.15) is 0 Å². The molecule has 9 aromatic rings. The Morgan fingerprint density at radius 3 is 1.91 bits per heavy atom. The average molecular weight is 729 g/mol. The first-order chi connectivity index (χ1) is 27.9. The molecular weight excluding hydrogens is 689 g/mol. The van der Waals surface area contributed by atoms with Crippen LogP contribution in [0.3, 0.4) is 0 Å². The summed E-state index contributed by atoms with van der Waals surface area (Å²) in [5, 5.41) is 16.1. The van der Waals surface area contributed by atoms with Gasteiger partial charge in [0, 0.05) is 22.8 Å². The number of benzene rings is 9. The number of hydrogen-bond donors (Lipinski definition) is 1. The second-order valence-electron chi connectivity index (χ2n) is 15.5. The van der Waals surface area contributed by atoms with Crippen LogP contribution in [0.1, 0.15) is 41.7 Å². The van der Waals surface area contributed by atoms with Crippen LogP contribution in [0.4, 0.5) is 0 Å².